The zero-order chi connectivity index (χ0) is 34.2. The lowest BCUT2D eigenvalue weighted by atomic mass is 9.97. The van der Waals surface area contributed by atoms with Crippen molar-refractivity contribution in [1.82, 2.24) is 0 Å². The van der Waals surface area contributed by atoms with Gasteiger partial charge in [0.2, 0.25) is 21.1 Å². The highest BCUT2D eigenvalue weighted by Crippen LogP contribution is 2.45. The number of hydrogen-bond acceptors (Lipinski definition) is 1. The van der Waals surface area contributed by atoms with Crippen molar-refractivity contribution in [1.29, 1.82) is 0 Å². The van der Waals surface area contributed by atoms with Crippen molar-refractivity contribution >= 4 is 44.6 Å². The Morgan fingerprint density at radius 3 is 1.39 bits per heavy atom. The Labute approximate surface area is 309 Å². The average Bonchev–Trinajstić information content (AvgIpc) is 3.63. The van der Waals surface area contributed by atoms with Crippen LogP contribution in [-0.2, 0) is 0 Å². The van der Waals surface area contributed by atoms with Crippen LogP contribution < -0.4 is 0 Å². The van der Waals surface area contributed by atoms with E-state index in [4.69, 9.17) is 0 Å². The summed E-state index contributed by atoms with van der Waals surface area (Å²) >= 11 is 3.69. The highest BCUT2D eigenvalue weighted by atomic mass is 32.2. The van der Waals surface area contributed by atoms with Gasteiger partial charge >= 0.3 is 0 Å². The fourth-order valence-electron chi connectivity index (χ4n) is 6.64. The van der Waals surface area contributed by atoms with E-state index >= 15 is 0 Å². The predicted molar refractivity (Wildman–Crippen MR) is 224 cm³/mol. The molecule has 0 nitrogen and oxygen atoms in total. The highest BCUT2D eigenvalue weighted by Gasteiger charge is 2.21. The minimum Gasteiger partial charge on any atom is -0.0888 e. The Balaban J connectivity index is 1.19. The van der Waals surface area contributed by atoms with E-state index < -0.39 is 0 Å². The maximum atomic E-state index is 2.36. The summed E-state index contributed by atoms with van der Waals surface area (Å²) in [4.78, 5) is 5.07. The second kappa shape index (κ2) is 15.6. The van der Waals surface area contributed by atoms with E-state index in [9.17, 15) is 0 Å². The molecule has 1 aliphatic carbocycles. The van der Waals surface area contributed by atoms with Crippen LogP contribution >= 0.6 is 23.1 Å². The molecular formula is C49H37S2+. The number of benzene rings is 5. The number of rotatable bonds is 8. The van der Waals surface area contributed by atoms with Gasteiger partial charge in [-0.25, -0.2) is 0 Å². The third kappa shape index (κ3) is 7.79. The molecule has 0 amide bonds. The van der Waals surface area contributed by atoms with Gasteiger partial charge in [-0.3, -0.25) is 0 Å². The maximum absolute atomic E-state index is 2.36. The second-order valence-corrected chi connectivity index (χ2v) is 14.8. The first-order valence-corrected chi connectivity index (χ1v) is 19.1. The monoisotopic (exact) mass is 689 g/mol. The van der Waals surface area contributed by atoms with Crippen LogP contribution in [0.3, 0.4) is 0 Å². The molecule has 2 heterocycles. The van der Waals surface area contributed by atoms with Crippen molar-refractivity contribution < 1.29 is 0 Å². The fourth-order valence-corrected chi connectivity index (χ4v) is 8.91. The van der Waals surface area contributed by atoms with E-state index in [0.29, 0.717) is 0 Å². The van der Waals surface area contributed by atoms with Crippen molar-refractivity contribution in [2.24, 2.45) is 0 Å². The number of thioether (sulfide) groups is 1. The first-order valence-electron chi connectivity index (χ1n) is 17.5. The molecule has 0 bridgehead atoms. The van der Waals surface area contributed by atoms with Gasteiger partial charge in [-0.15, -0.1) is 0 Å². The van der Waals surface area contributed by atoms with Gasteiger partial charge in [0, 0.05) is 33.1 Å². The zero-order valence-electron chi connectivity index (χ0n) is 28.3. The van der Waals surface area contributed by atoms with Crippen LogP contribution in [0.4, 0.5) is 0 Å². The Bertz CT molecular complexity index is 2210. The van der Waals surface area contributed by atoms with Crippen molar-refractivity contribution in [3.8, 4) is 20.9 Å². The van der Waals surface area contributed by atoms with Crippen LogP contribution in [0.2, 0.25) is 0 Å². The lowest BCUT2D eigenvalue weighted by Gasteiger charge is -2.17. The smallest absolute Gasteiger partial charge is 0.0888 e. The van der Waals surface area contributed by atoms with Crippen molar-refractivity contribution in [3.05, 3.63) is 233 Å². The highest BCUT2D eigenvalue weighted by molar-refractivity contribution is 8.16. The van der Waals surface area contributed by atoms with Crippen LogP contribution in [0.15, 0.2) is 211 Å². The summed E-state index contributed by atoms with van der Waals surface area (Å²) in [5, 5.41) is 0. The van der Waals surface area contributed by atoms with Gasteiger partial charge in [0.25, 0.3) is 0 Å². The molecule has 6 aromatic rings. The summed E-state index contributed by atoms with van der Waals surface area (Å²) < 4.78 is 0. The normalized spacial score (nSPS) is 15.3. The molecule has 51 heavy (non-hydrogen) atoms. The summed E-state index contributed by atoms with van der Waals surface area (Å²) in [6.07, 6.45) is 16.0. The molecule has 0 spiro atoms. The van der Waals surface area contributed by atoms with Crippen LogP contribution in [0.5, 0.6) is 0 Å². The molecule has 1 aromatic heterocycles. The molecule has 0 saturated carbocycles. The van der Waals surface area contributed by atoms with Gasteiger partial charge in [-0.05, 0) is 93.8 Å². The maximum Gasteiger partial charge on any atom is 0.239 e. The fraction of sp³-hybridized carbons (Fsp3) is 0.0408. The second-order valence-electron chi connectivity index (χ2n) is 12.7. The molecule has 5 aromatic carbocycles. The molecule has 0 atom stereocenters. The van der Waals surface area contributed by atoms with E-state index in [-0.39, 0.29) is 0 Å². The summed E-state index contributed by atoms with van der Waals surface area (Å²) in [6.45, 7) is 0. The van der Waals surface area contributed by atoms with Gasteiger partial charge < -0.3 is 0 Å². The molecule has 2 heteroatoms. The van der Waals surface area contributed by atoms with Crippen molar-refractivity contribution in [3.63, 3.8) is 0 Å². The molecule has 2 aliphatic rings. The molecule has 0 unspecified atom stereocenters. The zero-order valence-corrected chi connectivity index (χ0v) is 29.9. The van der Waals surface area contributed by atoms with Crippen LogP contribution in [0.25, 0.3) is 42.3 Å². The quantitative estimate of drug-likeness (QED) is 0.143. The molecule has 1 aliphatic heterocycles. The van der Waals surface area contributed by atoms with E-state index in [1.54, 1.807) is 0 Å². The summed E-state index contributed by atoms with van der Waals surface area (Å²) in [5.41, 5.74) is 12.8. The Morgan fingerprint density at radius 2 is 0.902 bits per heavy atom. The number of hydrogen-bond donors (Lipinski definition) is 0. The van der Waals surface area contributed by atoms with Crippen molar-refractivity contribution in [2.75, 3.05) is 0 Å². The number of allylic oxidation sites excluding steroid dienone is 9. The first-order chi connectivity index (χ1) is 25.3. The first kappa shape index (κ1) is 32.7. The van der Waals surface area contributed by atoms with E-state index in [0.717, 1.165) is 12.8 Å². The molecule has 244 valence electrons. The molecule has 8 rings (SSSR count). The van der Waals surface area contributed by atoms with Gasteiger partial charge in [0.15, 0.2) is 0 Å². The topological polar surface area (TPSA) is 0 Å². The van der Waals surface area contributed by atoms with E-state index in [1.807, 2.05) is 23.1 Å². The Kier molecular flexibility index (Phi) is 9.96. The SMILES string of the molecule is C(=Cc1cc(-c2ccccc2)[s+]c(-c2ccccc2)c1)C1=C(c2ccccc2)C(=CC=C2C=C(c3ccccc3)SC(c3ccccc3)=C2)CC1. The summed E-state index contributed by atoms with van der Waals surface area (Å²) in [5.74, 6) is 0. The lowest BCUT2D eigenvalue weighted by Crippen LogP contribution is -1.91. The summed E-state index contributed by atoms with van der Waals surface area (Å²) in [7, 11) is 0. The molecule has 0 radical (unpaired) electrons. The largest absolute Gasteiger partial charge is 0.239 e. The standard InChI is InChI=1S/C49H37S2/c1-6-16-38(17-7-1)45-32-36(33-46(50-45)39-18-8-2-9-19-39)26-28-43-30-31-44(49(43)42-24-14-5-15-25-42)29-27-37-34-47(40-20-10-3-11-21-40)51-48(35-37)41-22-12-4-13-23-41/h1-29,32-35H,30-31H2/q+1. The van der Waals surface area contributed by atoms with E-state index in [2.05, 4.69) is 200 Å². The molecule has 0 N–H and O–H groups in total. The van der Waals surface area contributed by atoms with Gasteiger partial charge in [-0.1, -0.05) is 163 Å². The van der Waals surface area contributed by atoms with Gasteiger partial charge in [-0.2, -0.15) is 0 Å². The third-order valence-corrected chi connectivity index (χ3v) is 11.5. The van der Waals surface area contributed by atoms with Crippen LogP contribution in [0.1, 0.15) is 35.1 Å². The van der Waals surface area contributed by atoms with Gasteiger partial charge in [0.1, 0.15) is 0 Å². The minimum atomic E-state index is 1.01. The Hall–Kier alpha value is -5.54. The van der Waals surface area contributed by atoms with Crippen LogP contribution in [0, 0.1) is 0 Å². The summed E-state index contributed by atoms with van der Waals surface area (Å²) in [6, 6.07) is 58.5. The van der Waals surface area contributed by atoms with Gasteiger partial charge in [0.05, 0.1) is 0 Å². The third-order valence-electron chi connectivity index (χ3n) is 9.19. The van der Waals surface area contributed by atoms with Crippen LogP contribution in [-0.4, -0.2) is 0 Å². The molecule has 0 saturated heterocycles. The molecule has 0 fully saturated rings. The van der Waals surface area contributed by atoms with E-state index in [1.165, 1.54) is 75.2 Å². The average molecular weight is 690 g/mol. The predicted octanol–water partition coefficient (Wildman–Crippen LogP) is 14.3. The minimum absolute atomic E-state index is 1.01. The lowest BCUT2D eigenvalue weighted by molar-refractivity contribution is 1.03. The van der Waals surface area contributed by atoms with Crippen molar-refractivity contribution in [2.45, 2.75) is 12.8 Å². The molecular weight excluding hydrogens is 653 g/mol. The Morgan fingerprint density at radius 1 is 0.451 bits per heavy atom.